The number of nitrogens with zero attached hydrogens (tertiary/aromatic N) is 1. The van der Waals surface area contributed by atoms with Crippen molar-refractivity contribution in [1.82, 2.24) is 4.90 Å². The first-order chi connectivity index (χ1) is 8.54. The van der Waals surface area contributed by atoms with Gasteiger partial charge in [0.1, 0.15) is 5.82 Å². The number of benzene rings is 1. The zero-order valence-corrected chi connectivity index (χ0v) is 12.0. The number of ketones is 1. The zero-order chi connectivity index (χ0) is 13.5. The third-order valence-corrected chi connectivity index (χ3v) is 3.68. The number of hydrogen-bond acceptors (Lipinski definition) is 3. The highest BCUT2D eigenvalue weighted by atomic mass is 32.2. The van der Waals surface area contributed by atoms with Crippen molar-refractivity contribution in [3.63, 3.8) is 0 Å². The van der Waals surface area contributed by atoms with Gasteiger partial charge in [0.25, 0.3) is 0 Å². The lowest BCUT2D eigenvalue weighted by atomic mass is 10.1. The van der Waals surface area contributed by atoms with E-state index in [4.69, 9.17) is 0 Å². The quantitative estimate of drug-likeness (QED) is 0.710. The number of rotatable bonds is 7. The van der Waals surface area contributed by atoms with Crippen molar-refractivity contribution >= 4 is 17.5 Å². The molecule has 1 unspecified atom stereocenters. The van der Waals surface area contributed by atoms with Crippen molar-refractivity contribution in [2.24, 2.45) is 0 Å². The number of carbonyl (C=O) groups is 1. The monoisotopic (exact) mass is 269 g/mol. The highest BCUT2D eigenvalue weighted by Crippen LogP contribution is 2.09. The summed E-state index contributed by atoms with van der Waals surface area (Å²) in [5.41, 5.74) is 0.443. The van der Waals surface area contributed by atoms with Crippen LogP contribution in [0.5, 0.6) is 0 Å². The van der Waals surface area contributed by atoms with Crippen LogP contribution in [-0.4, -0.2) is 42.3 Å². The maximum Gasteiger partial charge on any atom is 0.176 e. The van der Waals surface area contributed by atoms with Gasteiger partial charge in [0.05, 0.1) is 6.54 Å². The lowest BCUT2D eigenvalue weighted by Crippen LogP contribution is -2.34. The summed E-state index contributed by atoms with van der Waals surface area (Å²) in [6, 6.07) is 6.23. The summed E-state index contributed by atoms with van der Waals surface area (Å²) in [6.07, 6.45) is 3.12. The standard InChI is InChI=1S/C14H20FNOS/c1-11(7-8-18-3)16(2)10-14(17)12-5-4-6-13(15)9-12/h4-6,9,11H,7-8,10H2,1-3H3. The Balaban J connectivity index is 2.54. The topological polar surface area (TPSA) is 20.3 Å². The van der Waals surface area contributed by atoms with Crippen LogP contribution in [0.4, 0.5) is 4.39 Å². The molecule has 0 N–H and O–H groups in total. The Morgan fingerprint density at radius 1 is 1.50 bits per heavy atom. The third-order valence-electron chi connectivity index (χ3n) is 3.03. The molecular formula is C14H20FNOS. The van der Waals surface area contributed by atoms with Crippen LogP contribution >= 0.6 is 11.8 Å². The summed E-state index contributed by atoms with van der Waals surface area (Å²) in [7, 11) is 1.93. The molecule has 0 radical (unpaired) electrons. The summed E-state index contributed by atoms with van der Waals surface area (Å²) in [5.74, 6) is 0.687. The first-order valence-electron chi connectivity index (χ1n) is 6.02. The summed E-state index contributed by atoms with van der Waals surface area (Å²) in [5, 5.41) is 0. The molecule has 0 aliphatic rings. The van der Waals surface area contributed by atoms with E-state index in [2.05, 4.69) is 13.2 Å². The van der Waals surface area contributed by atoms with Crippen LogP contribution in [0.25, 0.3) is 0 Å². The first kappa shape index (κ1) is 15.2. The van der Waals surface area contributed by atoms with Crippen molar-refractivity contribution in [3.8, 4) is 0 Å². The number of thioether (sulfide) groups is 1. The Morgan fingerprint density at radius 2 is 2.22 bits per heavy atom. The fourth-order valence-corrected chi connectivity index (χ4v) is 2.22. The summed E-state index contributed by atoms with van der Waals surface area (Å²) >= 11 is 1.80. The molecule has 0 aliphatic carbocycles. The van der Waals surface area contributed by atoms with Crippen molar-refractivity contribution in [1.29, 1.82) is 0 Å². The van der Waals surface area contributed by atoms with E-state index in [9.17, 15) is 9.18 Å². The van der Waals surface area contributed by atoms with Gasteiger partial charge in [-0.1, -0.05) is 12.1 Å². The molecule has 0 amide bonds. The van der Waals surface area contributed by atoms with E-state index in [0.717, 1.165) is 12.2 Å². The van der Waals surface area contributed by atoms with E-state index < -0.39 is 0 Å². The summed E-state index contributed by atoms with van der Waals surface area (Å²) < 4.78 is 13.0. The van der Waals surface area contributed by atoms with Crippen LogP contribution < -0.4 is 0 Å². The van der Waals surface area contributed by atoms with E-state index in [1.54, 1.807) is 23.9 Å². The lowest BCUT2D eigenvalue weighted by molar-refractivity contribution is 0.0923. The smallest absolute Gasteiger partial charge is 0.176 e. The van der Waals surface area contributed by atoms with Gasteiger partial charge in [-0.2, -0.15) is 11.8 Å². The minimum absolute atomic E-state index is 0.0343. The minimum atomic E-state index is -0.362. The van der Waals surface area contributed by atoms with Crippen LogP contribution in [-0.2, 0) is 0 Å². The summed E-state index contributed by atoms with van der Waals surface area (Å²) in [4.78, 5) is 14.0. The van der Waals surface area contributed by atoms with Gasteiger partial charge >= 0.3 is 0 Å². The second kappa shape index (κ2) is 7.54. The molecule has 0 aliphatic heterocycles. The van der Waals surface area contributed by atoms with Crippen LogP contribution in [0.1, 0.15) is 23.7 Å². The van der Waals surface area contributed by atoms with E-state index in [1.165, 1.54) is 12.1 Å². The lowest BCUT2D eigenvalue weighted by Gasteiger charge is -2.23. The SMILES string of the molecule is CSCCC(C)N(C)CC(=O)c1cccc(F)c1. The number of Topliss-reactive ketones (excluding diaryl/α,β-unsaturated/α-hetero) is 1. The van der Waals surface area contributed by atoms with Crippen molar-refractivity contribution < 1.29 is 9.18 Å². The molecule has 4 heteroatoms. The fraction of sp³-hybridized carbons (Fsp3) is 0.500. The number of hydrogen-bond donors (Lipinski definition) is 0. The highest BCUT2D eigenvalue weighted by molar-refractivity contribution is 7.98. The third kappa shape index (κ3) is 4.78. The predicted octanol–water partition coefficient (Wildman–Crippen LogP) is 3.08. The molecule has 0 bridgehead atoms. The predicted molar refractivity (Wildman–Crippen MR) is 75.8 cm³/mol. The molecule has 1 rings (SSSR count). The maximum absolute atomic E-state index is 13.0. The molecule has 0 saturated heterocycles. The molecule has 2 nitrogen and oxygen atoms in total. The second-order valence-corrected chi connectivity index (χ2v) is 5.46. The Morgan fingerprint density at radius 3 is 2.83 bits per heavy atom. The molecule has 0 saturated carbocycles. The number of likely N-dealkylation sites (N-methyl/N-ethyl adjacent to an activating group) is 1. The van der Waals surface area contributed by atoms with E-state index in [-0.39, 0.29) is 11.6 Å². The molecule has 0 spiro atoms. The second-order valence-electron chi connectivity index (χ2n) is 4.48. The fourth-order valence-electron chi connectivity index (χ4n) is 1.64. The van der Waals surface area contributed by atoms with Gasteiger partial charge in [-0.15, -0.1) is 0 Å². The van der Waals surface area contributed by atoms with Gasteiger partial charge in [-0.25, -0.2) is 4.39 Å². The Labute approximate surface area is 113 Å². The van der Waals surface area contributed by atoms with Gasteiger partial charge in [0, 0.05) is 11.6 Å². The van der Waals surface area contributed by atoms with Gasteiger partial charge in [0.15, 0.2) is 5.78 Å². The van der Waals surface area contributed by atoms with E-state index >= 15 is 0 Å². The molecular weight excluding hydrogens is 249 g/mol. The van der Waals surface area contributed by atoms with Gasteiger partial charge in [0.2, 0.25) is 0 Å². The molecule has 0 fully saturated rings. The zero-order valence-electron chi connectivity index (χ0n) is 11.1. The Bertz CT molecular complexity index is 397. The first-order valence-corrected chi connectivity index (χ1v) is 7.42. The molecule has 0 aromatic heterocycles. The Kier molecular flexibility index (Phi) is 6.36. The number of carbonyl (C=O) groups excluding carboxylic acids is 1. The molecule has 1 aromatic carbocycles. The van der Waals surface area contributed by atoms with Crippen LogP contribution in [0.15, 0.2) is 24.3 Å². The largest absolute Gasteiger partial charge is 0.296 e. The number of halogens is 1. The molecule has 1 atom stereocenters. The van der Waals surface area contributed by atoms with Gasteiger partial charge < -0.3 is 0 Å². The van der Waals surface area contributed by atoms with Gasteiger partial charge in [-0.3, -0.25) is 9.69 Å². The molecule has 0 heterocycles. The van der Waals surface area contributed by atoms with Crippen molar-refractivity contribution in [2.45, 2.75) is 19.4 Å². The highest BCUT2D eigenvalue weighted by Gasteiger charge is 2.14. The molecule has 18 heavy (non-hydrogen) atoms. The van der Waals surface area contributed by atoms with E-state index in [0.29, 0.717) is 18.2 Å². The summed E-state index contributed by atoms with van der Waals surface area (Å²) in [6.45, 7) is 2.44. The van der Waals surface area contributed by atoms with Crippen LogP contribution in [0.2, 0.25) is 0 Å². The minimum Gasteiger partial charge on any atom is -0.296 e. The van der Waals surface area contributed by atoms with Crippen molar-refractivity contribution in [2.75, 3.05) is 25.6 Å². The van der Waals surface area contributed by atoms with Crippen LogP contribution in [0, 0.1) is 5.82 Å². The average Bonchev–Trinajstić information content (AvgIpc) is 2.35. The molecule has 1 aromatic rings. The molecule has 100 valence electrons. The van der Waals surface area contributed by atoms with Crippen LogP contribution in [0.3, 0.4) is 0 Å². The maximum atomic E-state index is 13.0. The Hall–Kier alpha value is -0.870. The average molecular weight is 269 g/mol. The van der Waals surface area contributed by atoms with Crippen molar-refractivity contribution in [3.05, 3.63) is 35.6 Å². The van der Waals surface area contributed by atoms with Gasteiger partial charge in [-0.05, 0) is 44.5 Å². The normalized spacial score (nSPS) is 12.7. The van der Waals surface area contributed by atoms with E-state index in [1.807, 2.05) is 11.9 Å².